The number of ketones is 1. The van der Waals surface area contributed by atoms with Gasteiger partial charge >= 0.3 is 11.9 Å². The van der Waals surface area contributed by atoms with Crippen LogP contribution in [0.1, 0.15) is 100 Å². The number of rotatable bonds is 6. The van der Waals surface area contributed by atoms with Gasteiger partial charge in [-0.3, -0.25) is 14.4 Å². The van der Waals surface area contributed by atoms with E-state index in [2.05, 4.69) is 59.8 Å². The minimum atomic E-state index is -0.953. The quantitative estimate of drug-likeness (QED) is 0.288. The van der Waals surface area contributed by atoms with E-state index in [0.29, 0.717) is 36.0 Å². The van der Waals surface area contributed by atoms with Crippen LogP contribution in [0, 0.1) is 46.3 Å². The second-order valence-electron chi connectivity index (χ2n) is 13.5. The number of hydrogen-bond acceptors (Lipinski definition) is 5. The lowest BCUT2D eigenvalue weighted by atomic mass is 9.46. The molecule has 3 saturated carbocycles. The molecule has 0 saturated heterocycles. The van der Waals surface area contributed by atoms with Gasteiger partial charge in [0.25, 0.3) is 0 Å². The van der Waals surface area contributed by atoms with Gasteiger partial charge in [0.05, 0.1) is 0 Å². The van der Waals surface area contributed by atoms with E-state index < -0.39 is 11.0 Å². The third-order valence-electron chi connectivity index (χ3n) is 11.0. The Bertz CT molecular complexity index is 993. The largest absolute Gasteiger partial charge is 0.462 e. The predicted octanol–water partition coefficient (Wildman–Crippen LogP) is 6.85. The summed E-state index contributed by atoms with van der Waals surface area (Å²) in [7, 11) is 0. The van der Waals surface area contributed by atoms with Gasteiger partial charge in [0.15, 0.2) is 0 Å². The molecule has 0 amide bonds. The second kappa shape index (κ2) is 10.0. The van der Waals surface area contributed by atoms with Gasteiger partial charge in [0, 0.05) is 38.0 Å². The minimum absolute atomic E-state index is 0.0847. The topological polar surface area (TPSA) is 69.7 Å². The Kier molecular flexibility index (Phi) is 7.60. The Hall–Kier alpha value is -1.91. The molecule has 0 aliphatic heterocycles. The lowest BCUT2D eigenvalue weighted by molar-refractivity contribution is -0.200. The molecule has 0 N–H and O–H groups in total. The first-order valence-corrected chi connectivity index (χ1v) is 14.5. The summed E-state index contributed by atoms with van der Waals surface area (Å²) in [5.74, 6) is 1.91. The third-order valence-corrected chi connectivity index (χ3v) is 11.0. The van der Waals surface area contributed by atoms with Crippen LogP contribution < -0.4 is 0 Å². The molecule has 4 aliphatic rings. The van der Waals surface area contributed by atoms with Gasteiger partial charge in [0.2, 0.25) is 0 Å². The Morgan fingerprint density at radius 2 is 1.73 bits per heavy atom. The number of carbonyl (C=O) groups excluding carboxylic acids is 3. The standard InChI is InChI=1S/C32H48O5/c1-19(2)20(3)9-10-21(4)25-11-12-26-29-27(14-15-30(25,26)7)31(8)16-13-24(36-22(5)33)17-32(31,18-28(29)35)37-23(6)34/h9-10,14,19-21,24-26,29H,11-13,15-18H2,1-8H3/b10-9+/t20-,21+,24+,25-,26+,29+,30-,31+,32-/m0/s1. The van der Waals surface area contributed by atoms with E-state index in [0.717, 1.165) is 32.1 Å². The number of fused-ring (bicyclic) bond motifs is 5. The first-order valence-electron chi connectivity index (χ1n) is 14.5. The highest BCUT2D eigenvalue weighted by atomic mass is 16.6. The van der Waals surface area contributed by atoms with Crippen LogP contribution in [0.3, 0.4) is 0 Å². The Morgan fingerprint density at radius 3 is 2.35 bits per heavy atom. The first-order chi connectivity index (χ1) is 17.2. The second-order valence-corrected chi connectivity index (χ2v) is 13.5. The predicted molar refractivity (Wildman–Crippen MR) is 144 cm³/mol. The van der Waals surface area contributed by atoms with Crippen molar-refractivity contribution < 1.29 is 23.9 Å². The first kappa shape index (κ1) is 28.1. The molecule has 5 nitrogen and oxygen atoms in total. The Morgan fingerprint density at radius 1 is 1.03 bits per heavy atom. The summed E-state index contributed by atoms with van der Waals surface area (Å²) in [6, 6.07) is 0. The van der Waals surface area contributed by atoms with Gasteiger partial charge in [-0.1, -0.05) is 65.3 Å². The zero-order chi connectivity index (χ0) is 27.3. The highest BCUT2D eigenvalue weighted by molar-refractivity contribution is 5.88. The maximum Gasteiger partial charge on any atom is 0.303 e. The smallest absolute Gasteiger partial charge is 0.303 e. The molecule has 37 heavy (non-hydrogen) atoms. The summed E-state index contributed by atoms with van der Waals surface area (Å²) in [5, 5.41) is 0. The molecule has 4 aliphatic carbocycles. The van der Waals surface area contributed by atoms with Crippen LogP contribution in [-0.2, 0) is 23.9 Å². The molecule has 0 aromatic rings. The molecule has 0 radical (unpaired) electrons. The maximum absolute atomic E-state index is 14.0. The molecular formula is C32H48O5. The fourth-order valence-electron chi connectivity index (χ4n) is 8.59. The van der Waals surface area contributed by atoms with Crippen molar-refractivity contribution >= 4 is 17.7 Å². The van der Waals surface area contributed by atoms with Crippen LogP contribution in [0.25, 0.3) is 0 Å². The van der Waals surface area contributed by atoms with Crippen LogP contribution >= 0.6 is 0 Å². The Labute approximate surface area is 223 Å². The lowest BCUT2D eigenvalue weighted by Crippen LogP contribution is -2.63. The van der Waals surface area contributed by atoms with Crippen molar-refractivity contribution in [3.05, 3.63) is 23.8 Å². The monoisotopic (exact) mass is 512 g/mol. The van der Waals surface area contributed by atoms with E-state index in [-0.39, 0.29) is 41.6 Å². The van der Waals surface area contributed by atoms with Crippen LogP contribution in [0.5, 0.6) is 0 Å². The summed E-state index contributed by atoms with van der Waals surface area (Å²) >= 11 is 0. The fourth-order valence-corrected chi connectivity index (χ4v) is 8.59. The van der Waals surface area contributed by atoms with E-state index >= 15 is 0 Å². The maximum atomic E-state index is 14.0. The molecule has 0 unspecified atom stereocenters. The minimum Gasteiger partial charge on any atom is -0.462 e. The molecule has 0 spiro atoms. The van der Waals surface area contributed by atoms with Crippen molar-refractivity contribution in [1.29, 1.82) is 0 Å². The van der Waals surface area contributed by atoms with Gasteiger partial charge in [-0.15, -0.1) is 0 Å². The highest BCUT2D eigenvalue weighted by Gasteiger charge is 2.66. The summed E-state index contributed by atoms with van der Waals surface area (Å²) in [6.45, 7) is 16.6. The number of ether oxygens (including phenoxy) is 2. The highest BCUT2D eigenvalue weighted by Crippen LogP contribution is 2.67. The average molecular weight is 513 g/mol. The summed E-state index contributed by atoms with van der Waals surface area (Å²) in [5.41, 5.74) is -0.107. The van der Waals surface area contributed by atoms with E-state index in [4.69, 9.17) is 9.47 Å². The van der Waals surface area contributed by atoms with Gasteiger partial charge in [-0.05, 0) is 67.1 Å². The number of carbonyl (C=O) groups is 3. The Balaban J connectivity index is 1.67. The average Bonchev–Trinajstić information content (AvgIpc) is 3.14. The number of Topliss-reactive ketones (excluding diaryl/α,β-unsaturated/α-hetero) is 1. The molecule has 5 heteroatoms. The number of esters is 2. The van der Waals surface area contributed by atoms with E-state index in [1.807, 2.05) is 0 Å². The molecule has 9 atom stereocenters. The fraction of sp³-hybridized carbons (Fsp3) is 0.781. The van der Waals surface area contributed by atoms with Crippen LogP contribution in [0.15, 0.2) is 23.8 Å². The van der Waals surface area contributed by atoms with Gasteiger partial charge < -0.3 is 9.47 Å². The summed E-state index contributed by atoms with van der Waals surface area (Å²) < 4.78 is 11.7. The third kappa shape index (κ3) is 4.74. The van der Waals surface area contributed by atoms with E-state index in [1.165, 1.54) is 19.4 Å². The van der Waals surface area contributed by atoms with Crippen molar-refractivity contribution in [3.63, 3.8) is 0 Å². The molecule has 3 fully saturated rings. The van der Waals surface area contributed by atoms with Gasteiger partial charge in [-0.25, -0.2) is 0 Å². The zero-order valence-corrected chi connectivity index (χ0v) is 24.3. The van der Waals surface area contributed by atoms with Crippen LogP contribution in [0.2, 0.25) is 0 Å². The van der Waals surface area contributed by atoms with Crippen LogP contribution in [0.4, 0.5) is 0 Å². The molecule has 0 heterocycles. The van der Waals surface area contributed by atoms with Gasteiger partial charge in [-0.2, -0.15) is 0 Å². The van der Waals surface area contributed by atoms with Crippen LogP contribution in [-0.4, -0.2) is 29.4 Å². The molecular weight excluding hydrogens is 464 g/mol. The number of hydrogen-bond donors (Lipinski definition) is 0. The van der Waals surface area contributed by atoms with Crippen molar-refractivity contribution in [3.8, 4) is 0 Å². The van der Waals surface area contributed by atoms with Crippen molar-refractivity contribution in [1.82, 2.24) is 0 Å². The zero-order valence-electron chi connectivity index (χ0n) is 24.3. The van der Waals surface area contributed by atoms with Crippen molar-refractivity contribution in [2.45, 2.75) is 112 Å². The van der Waals surface area contributed by atoms with E-state index in [1.54, 1.807) is 0 Å². The molecule has 206 valence electrons. The van der Waals surface area contributed by atoms with Gasteiger partial charge in [0.1, 0.15) is 17.5 Å². The molecule has 0 aromatic heterocycles. The molecule has 4 rings (SSSR count). The van der Waals surface area contributed by atoms with E-state index in [9.17, 15) is 14.4 Å². The number of allylic oxidation sites excluding steroid dienone is 3. The lowest BCUT2D eigenvalue weighted by Gasteiger charge is -2.60. The molecule has 0 bridgehead atoms. The SMILES string of the molecule is CC(=O)O[C@@H]1CC[C@]2(C)C3=CC[C@]4(C)[C@H](CC[C@H]4[C@H](C)/C=C/[C@H](C)C(C)C)[C@H]3C(=O)C[C@@]2(OC(C)=O)C1. The summed E-state index contributed by atoms with van der Waals surface area (Å²) in [6.07, 6.45) is 12.1. The molecule has 0 aromatic carbocycles. The van der Waals surface area contributed by atoms with Crippen molar-refractivity contribution in [2.75, 3.05) is 0 Å². The van der Waals surface area contributed by atoms with Crippen molar-refractivity contribution in [2.24, 2.45) is 46.3 Å². The summed E-state index contributed by atoms with van der Waals surface area (Å²) in [4.78, 5) is 38.1. The normalized spacial score (nSPS) is 40.9.